The first kappa shape index (κ1) is 13.8. The summed E-state index contributed by atoms with van der Waals surface area (Å²) in [5, 5.41) is 0. The largest absolute Gasteiger partial charge is 0.398 e. The summed E-state index contributed by atoms with van der Waals surface area (Å²) < 4.78 is 13.6. The molecular weight excluding hydrogens is 243 g/mol. The van der Waals surface area contributed by atoms with Gasteiger partial charge in [0, 0.05) is 29.9 Å². The van der Waals surface area contributed by atoms with Crippen LogP contribution in [0.4, 0.5) is 10.1 Å². The van der Waals surface area contributed by atoms with E-state index in [1.807, 2.05) is 0 Å². The van der Waals surface area contributed by atoms with Crippen LogP contribution in [0.1, 0.15) is 42.6 Å². The molecule has 0 spiro atoms. The van der Waals surface area contributed by atoms with E-state index in [0.29, 0.717) is 16.8 Å². The second-order valence-corrected chi connectivity index (χ2v) is 6.13. The summed E-state index contributed by atoms with van der Waals surface area (Å²) in [6, 6.07) is 2.86. The van der Waals surface area contributed by atoms with Gasteiger partial charge in [-0.1, -0.05) is 13.8 Å². The third kappa shape index (κ3) is 2.88. The van der Waals surface area contributed by atoms with E-state index >= 15 is 0 Å². The SMILES string of the molecule is Cc1c(N)cc(C(=O)N2CCC(C)(C)CC2)cc1F. The van der Waals surface area contributed by atoms with Gasteiger partial charge in [-0.15, -0.1) is 0 Å². The third-order valence-corrected chi connectivity index (χ3v) is 4.04. The minimum Gasteiger partial charge on any atom is -0.398 e. The summed E-state index contributed by atoms with van der Waals surface area (Å²) in [6.45, 7) is 7.47. The Kier molecular flexibility index (Phi) is 3.52. The number of carbonyl (C=O) groups excluding carboxylic acids is 1. The first-order valence-corrected chi connectivity index (χ1v) is 6.65. The molecule has 1 saturated heterocycles. The molecule has 0 saturated carbocycles. The Hall–Kier alpha value is -1.58. The summed E-state index contributed by atoms with van der Waals surface area (Å²) >= 11 is 0. The minimum absolute atomic E-state index is 0.124. The van der Waals surface area contributed by atoms with Gasteiger partial charge in [0.2, 0.25) is 0 Å². The van der Waals surface area contributed by atoms with Gasteiger partial charge >= 0.3 is 0 Å². The summed E-state index contributed by atoms with van der Waals surface area (Å²) in [4.78, 5) is 14.1. The van der Waals surface area contributed by atoms with Crippen LogP contribution in [0.15, 0.2) is 12.1 Å². The van der Waals surface area contributed by atoms with Crippen molar-refractivity contribution in [2.24, 2.45) is 5.41 Å². The summed E-state index contributed by atoms with van der Waals surface area (Å²) in [5.41, 5.74) is 7.09. The van der Waals surface area contributed by atoms with Gasteiger partial charge in [-0.3, -0.25) is 4.79 Å². The lowest BCUT2D eigenvalue weighted by Gasteiger charge is -2.37. The fraction of sp³-hybridized carbons (Fsp3) is 0.533. The van der Waals surface area contributed by atoms with Crippen molar-refractivity contribution in [1.29, 1.82) is 0 Å². The molecule has 1 aliphatic heterocycles. The molecule has 2 rings (SSSR count). The van der Waals surface area contributed by atoms with Crippen LogP contribution in [0.5, 0.6) is 0 Å². The van der Waals surface area contributed by atoms with Crippen LogP contribution in [-0.2, 0) is 0 Å². The second kappa shape index (κ2) is 4.83. The van der Waals surface area contributed by atoms with E-state index in [1.54, 1.807) is 17.9 Å². The Morgan fingerprint density at radius 1 is 1.32 bits per heavy atom. The third-order valence-electron chi connectivity index (χ3n) is 4.04. The lowest BCUT2D eigenvalue weighted by atomic mass is 9.82. The quantitative estimate of drug-likeness (QED) is 0.793. The van der Waals surface area contributed by atoms with Gasteiger partial charge in [-0.25, -0.2) is 4.39 Å². The summed E-state index contributed by atoms with van der Waals surface area (Å²) in [5.74, 6) is -0.540. The van der Waals surface area contributed by atoms with Crippen molar-refractivity contribution in [2.45, 2.75) is 33.6 Å². The van der Waals surface area contributed by atoms with E-state index in [0.717, 1.165) is 25.9 Å². The van der Waals surface area contributed by atoms with Gasteiger partial charge in [-0.2, -0.15) is 0 Å². The highest BCUT2D eigenvalue weighted by molar-refractivity contribution is 5.95. The molecule has 1 fully saturated rings. The lowest BCUT2D eigenvalue weighted by molar-refractivity contribution is 0.0630. The molecule has 104 valence electrons. The van der Waals surface area contributed by atoms with Crippen LogP contribution in [0.3, 0.4) is 0 Å². The number of amides is 1. The number of hydrogen-bond acceptors (Lipinski definition) is 2. The van der Waals surface area contributed by atoms with Crippen molar-refractivity contribution in [3.8, 4) is 0 Å². The van der Waals surface area contributed by atoms with Crippen molar-refractivity contribution in [3.05, 3.63) is 29.1 Å². The van der Waals surface area contributed by atoms with E-state index in [9.17, 15) is 9.18 Å². The van der Waals surface area contributed by atoms with Crippen LogP contribution in [0.2, 0.25) is 0 Å². The number of benzene rings is 1. The average molecular weight is 264 g/mol. The number of piperidine rings is 1. The Labute approximate surface area is 113 Å². The molecule has 3 nitrogen and oxygen atoms in total. The Morgan fingerprint density at radius 2 is 1.89 bits per heavy atom. The first-order chi connectivity index (χ1) is 8.80. The first-order valence-electron chi connectivity index (χ1n) is 6.65. The van der Waals surface area contributed by atoms with Gasteiger partial charge in [0.25, 0.3) is 5.91 Å². The minimum atomic E-state index is -0.416. The van der Waals surface area contributed by atoms with Crippen molar-refractivity contribution in [1.82, 2.24) is 4.90 Å². The Morgan fingerprint density at radius 3 is 2.42 bits per heavy atom. The fourth-order valence-corrected chi connectivity index (χ4v) is 2.32. The zero-order valence-electron chi connectivity index (χ0n) is 11.8. The molecule has 0 atom stereocenters. The smallest absolute Gasteiger partial charge is 0.254 e. The number of hydrogen-bond donors (Lipinski definition) is 1. The number of anilines is 1. The van der Waals surface area contributed by atoms with E-state index in [-0.39, 0.29) is 11.3 Å². The predicted octanol–water partition coefficient (Wildman–Crippen LogP) is 2.98. The number of likely N-dealkylation sites (tertiary alicyclic amines) is 1. The van der Waals surface area contributed by atoms with Crippen LogP contribution in [0.25, 0.3) is 0 Å². The van der Waals surface area contributed by atoms with Crippen LogP contribution in [0, 0.1) is 18.2 Å². The number of carbonyl (C=O) groups is 1. The molecule has 1 aromatic carbocycles. The summed E-state index contributed by atoms with van der Waals surface area (Å²) in [6.07, 6.45) is 1.95. The van der Waals surface area contributed by atoms with E-state index in [2.05, 4.69) is 13.8 Å². The second-order valence-electron chi connectivity index (χ2n) is 6.13. The number of nitrogens with zero attached hydrogens (tertiary/aromatic N) is 1. The standard InChI is InChI=1S/C15H21FN2O/c1-10-12(16)8-11(9-13(10)17)14(19)18-6-4-15(2,3)5-7-18/h8-9H,4-7,17H2,1-3H3. The molecule has 0 bridgehead atoms. The molecule has 0 radical (unpaired) electrons. The normalized spacial score (nSPS) is 18.4. The van der Waals surface area contributed by atoms with Gasteiger partial charge < -0.3 is 10.6 Å². The van der Waals surface area contributed by atoms with Gasteiger partial charge in [0.1, 0.15) is 5.82 Å². The highest BCUT2D eigenvalue weighted by Crippen LogP contribution is 2.30. The molecule has 1 amide bonds. The van der Waals surface area contributed by atoms with Crippen molar-refractivity contribution >= 4 is 11.6 Å². The highest BCUT2D eigenvalue weighted by Gasteiger charge is 2.28. The molecule has 0 aromatic heterocycles. The molecule has 0 unspecified atom stereocenters. The van der Waals surface area contributed by atoms with E-state index in [4.69, 9.17) is 5.73 Å². The fourth-order valence-electron chi connectivity index (χ4n) is 2.32. The van der Waals surface area contributed by atoms with Crippen molar-refractivity contribution in [3.63, 3.8) is 0 Å². The van der Waals surface area contributed by atoms with Gasteiger partial charge in [0.05, 0.1) is 0 Å². The molecule has 2 N–H and O–H groups in total. The van der Waals surface area contributed by atoms with Crippen LogP contribution >= 0.6 is 0 Å². The van der Waals surface area contributed by atoms with E-state index < -0.39 is 5.82 Å². The maximum atomic E-state index is 13.6. The van der Waals surface area contributed by atoms with E-state index in [1.165, 1.54) is 6.07 Å². The highest BCUT2D eigenvalue weighted by atomic mass is 19.1. The topological polar surface area (TPSA) is 46.3 Å². The number of rotatable bonds is 1. The Balaban J connectivity index is 2.17. The lowest BCUT2D eigenvalue weighted by Crippen LogP contribution is -2.41. The van der Waals surface area contributed by atoms with Crippen molar-refractivity contribution in [2.75, 3.05) is 18.8 Å². The predicted molar refractivity (Wildman–Crippen MR) is 74.5 cm³/mol. The number of halogens is 1. The molecule has 19 heavy (non-hydrogen) atoms. The summed E-state index contributed by atoms with van der Waals surface area (Å²) in [7, 11) is 0. The van der Waals surface area contributed by atoms with Crippen molar-refractivity contribution < 1.29 is 9.18 Å². The molecule has 1 aromatic rings. The maximum absolute atomic E-state index is 13.6. The number of nitrogen functional groups attached to an aromatic ring is 1. The monoisotopic (exact) mass is 264 g/mol. The molecule has 1 heterocycles. The van der Waals surface area contributed by atoms with Gasteiger partial charge in [0.15, 0.2) is 0 Å². The molecular formula is C15H21FN2O. The average Bonchev–Trinajstić information content (AvgIpc) is 2.34. The van der Waals surface area contributed by atoms with Crippen LogP contribution < -0.4 is 5.73 Å². The zero-order chi connectivity index (χ0) is 14.2. The Bertz CT molecular complexity index is 478. The molecule has 1 aliphatic rings. The van der Waals surface area contributed by atoms with Crippen LogP contribution in [-0.4, -0.2) is 23.9 Å². The zero-order valence-corrected chi connectivity index (χ0v) is 11.8. The van der Waals surface area contributed by atoms with Gasteiger partial charge in [-0.05, 0) is 37.3 Å². The molecule has 4 heteroatoms. The maximum Gasteiger partial charge on any atom is 0.254 e. The molecule has 0 aliphatic carbocycles. The number of nitrogens with two attached hydrogens (primary N) is 1.